The summed E-state index contributed by atoms with van der Waals surface area (Å²) in [5.74, 6) is 0.561. The van der Waals surface area contributed by atoms with Crippen LogP contribution in [0.15, 0.2) is 0 Å². The third-order valence-corrected chi connectivity index (χ3v) is 1.85. The molecule has 67 valence electrons. The summed E-state index contributed by atoms with van der Waals surface area (Å²) in [4.78, 5) is 0. The molecule has 0 amide bonds. The van der Waals surface area contributed by atoms with Gasteiger partial charge in [-0.15, -0.1) is 0 Å². The van der Waals surface area contributed by atoms with Gasteiger partial charge in [0, 0.05) is 7.11 Å². The van der Waals surface area contributed by atoms with Crippen molar-refractivity contribution >= 4 is 0 Å². The van der Waals surface area contributed by atoms with Crippen molar-refractivity contribution in [3.8, 4) is 0 Å². The standard InChI is InChI=1S/C10H21O/c1-9(2)6-7-10(3,4)8-11-5/h9H,1,6-8H2,2-5H3. The van der Waals surface area contributed by atoms with Crippen LogP contribution in [0.2, 0.25) is 0 Å². The van der Waals surface area contributed by atoms with Crippen LogP contribution in [0.4, 0.5) is 0 Å². The molecular formula is C10H21O. The maximum Gasteiger partial charge on any atom is 0.0513 e. The highest BCUT2D eigenvalue weighted by atomic mass is 16.5. The van der Waals surface area contributed by atoms with Gasteiger partial charge in [-0.2, -0.15) is 0 Å². The monoisotopic (exact) mass is 157 g/mol. The summed E-state index contributed by atoms with van der Waals surface area (Å²) in [6.07, 6.45) is 2.39. The fourth-order valence-electron chi connectivity index (χ4n) is 1.10. The number of ether oxygens (including phenoxy) is 1. The molecule has 1 radical (unpaired) electrons. The largest absolute Gasteiger partial charge is 0.384 e. The maximum absolute atomic E-state index is 5.12. The van der Waals surface area contributed by atoms with Crippen molar-refractivity contribution in [1.82, 2.24) is 0 Å². The number of methoxy groups -OCH3 is 1. The van der Waals surface area contributed by atoms with Crippen molar-refractivity contribution in [3.05, 3.63) is 6.92 Å². The second-order valence-electron chi connectivity index (χ2n) is 4.24. The number of rotatable bonds is 5. The molecule has 1 unspecified atom stereocenters. The van der Waals surface area contributed by atoms with Gasteiger partial charge >= 0.3 is 0 Å². The Labute approximate surface area is 71.1 Å². The molecule has 0 spiro atoms. The highest BCUT2D eigenvalue weighted by molar-refractivity contribution is 4.69. The van der Waals surface area contributed by atoms with Crippen LogP contribution < -0.4 is 0 Å². The van der Waals surface area contributed by atoms with Gasteiger partial charge in [0.15, 0.2) is 0 Å². The molecule has 0 heterocycles. The van der Waals surface area contributed by atoms with E-state index < -0.39 is 0 Å². The van der Waals surface area contributed by atoms with E-state index in [4.69, 9.17) is 4.74 Å². The first kappa shape index (κ1) is 11.0. The van der Waals surface area contributed by atoms with Gasteiger partial charge in [0.1, 0.15) is 0 Å². The summed E-state index contributed by atoms with van der Waals surface area (Å²) in [5, 5.41) is 0. The lowest BCUT2D eigenvalue weighted by Crippen LogP contribution is -2.18. The average Bonchev–Trinajstić information content (AvgIpc) is 1.84. The van der Waals surface area contributed by atoms with E-state index >= 15 is 0 Å². The summed E-state index contributed by atoms with van der Waals surface area (Å²) in [6.45, 7) is 11.4. The van der Waals surface area contributed by atoms with Gasteiger partial charge < -0.3 is 4.74 Å². The molecule has 0 N–H and O–H groups in total. The third kappa shape index (κ3) is 6.36. The van der Waals surface area contributed by atoms with E-state index in [9.17, 15) is 0 Å². The highest BCUT2D eigenvalue weighted by Gasteiger charge is 2.17. The zero-order chi connectivity index (χ0) is 8.91. The van der Waals surface area contributed by atoms with Crippen LogP contribution in [0.5, 0.6) is 0 Å². The third-order valence-electron chi connectivity index (χ3n) is 1.85. The number of hydrogen-bond acceptors (Lipinski definition) is 1. The molecule has 0 rings (SSSR count). The quantitative estimate of drug-likeness (QED) is 0.596. The summed E-state index contributed by atoms with van der Waals surface area (Å²) in [6, 6.07) is 0. The zero-order valence-electron chi connectivity index (χ0n) is 8.31. The van der Waals surface area contributed by atoms with Crippen molar-refractivity contribution in [2.24, 2.45) is 11.3 Å². The number of hydrogen-bond donors (Lipinski definition) is 0. The molecule has 0 aromatic rings. The first-order chi connectivity index (χ1) is 4.98. The normalized spacial score (nSPS) is 12.5. The molecule has 0 saturated heterocycles. The van der Waals surface area contributed by atoms with E-state index in [2.05, 4.69) is 27.7 Å². The Bertz CT molecular complexity index is 95.0. The molecule has 0 aliphatic heterocycles. The Hall–Kier alpha value is -0.0400. The van der Waals surface area contributed by atoms with Crippen LogP contribution in [0.25, 0.3) is 0 Å². The van der Waals surface area contributed by atoms with Crippen LogP contribution in [-0.2, 0) is 4.74 Å². The van der Waals surface area contributed by atoms with Crippen LogP contribution in [0.3, 0.4) is 0 Å². The van der Waals surface area contributed by atoms with E-state index in [1.807, 2.05) is 0 Å². The minimum Gasteiger partial charge on any atom is -0.384 e. The molecule has 1 heteroatoms. The maximum atomic E-state index is 5.12. The van der Waals surface area contributed by atoms with E-state index in [1.165, 1.54) is 12.8 Å². The lowest BCUT2D eigenvalue weighted by molar-refractivity contribution is 0.0948. The summed E-state index contributed by atoms with van der Waals surface area (Å²) >= 11 is 0. The lowest BCUT2D eigenvalue weighted by atomic mass is 9.86. The molecule has 0 saturated carbocycles. The van der Waals surface area contributed by atoms with E-state index in [-0.39, 0.29) is 0 Å². The van der Waals surface area contributed by atoms with Gasteiger partial charge in [0.2, 0.25) is 0 Å². The predicted molar refractivity (Wildman–Crippen MR) is 49.4 cm³/mol. The van der Waals surface area contributed by atoms with Crippen LogP contribution in [0, 0.1) is 18.3 Å². The Morgan fingerprint density at radius 2 is 2.00 bits per heavy atom. The average molecular weight is 157 g/mol. The van der Waals surface area contributed by atoms with Gasteiger partial charge in [-0.05, 0) is 17.8 Å². The minimum absolute atomic E-state index is 0.320. The highest BCUT2D eigenvalue weighted by Crippen LogP contribution is 2.24. The van der Waals surface area contributed by atoms with Crippen LogP contribution >= 0.6 is 0 Å². The van der Waals surface area contributed by atoms with Crippen molar-refractivity contribution in [2.75, 3.05) is 13.7 Å². The molecule has 0 aromatic carbocycles. The summed E-state index contributed by atoms with van der Waals surface area (Å²) < 4.78 is 5.12. The molecule has 1 atom stereocenters. The van der Waals surface area contributed by atoms with Crippen molar-refractivity contribution in [3.63, 3.8) is 0 Å². The van der Waals surface area contributed by atoms with Gasteiger partial charge in [-0.25, -0.2) is 0 Å². The topological polar surface area (TPSA) is 9.23 Å². The molecule has 0 bridgehead atoms. The van der Waals surface area contributed by atoms with E-state index in [1.54, 1.807) is 7.11 Å². The molecule has 0 aliphatic rings. The van der Waals surface area contributed by atoms with Crippen molar-refractivity contribution < 1.29 is 4.74 Å². The van der Waals surface area contributed by atoms with E-state index in [0.29, 0.717) is 11.3 Å². The SMILES string of the molecule is [CH2]C(C)CCC(C)(C)COC. The van der Waals surface area contributed by atoms with Gasteiger partial charge in [0.05, 0.1) is 6.61 Å². The Morgan fingerprint density at radius 1 is 1.45 bits per heavy atom. The smallest absolute Gasteiger partial charge is 0.0513 e. The fourth-order valence-corrected chi connectivity index (χ4v) is 1.10. The molecule has 1 nitrogen and oxygen atoms in total. The van der Waals surface area contributed by atoms with Gasteiger partial charge in [0.25, 0.3) is 0 Å². The Morgan fingerprint density at radius 3 is 2.36 bits per heavy atom. The molecular weight excluding hydrogens is 136 g/mol. The molecule has 11 heavy (non-hydrogen) atoms. The minimum atomic E-state index is 0.320. The second-order valence-corrected chi connectivity index (χ2v) is 4.24. The Balaban J connectivity index is 3.54. The predicted octanol–water partition coefficient (Wildman–Crippen LogP) is 2.91. The van der Waals surface area contributed by atoms with Gasteiger partial charge in [-0.3, -0.25) is 0 Å². The Kier molecular flexibility index (Phi) is 4.74. The first-order valence-electron chi connectivity index (χ1n) is 4.30. The van der Waals surface area contributed by atoms with Crippen molar-refractivity contribution in [1.29, 1.82) is 0 Å². The second kappa shape index (κ2) is 4.76. The summed E-state index contributed by atoms with van der Waals surface area (Å²) in [7, 11) is 1.76. The van der Waals surface area contributed by atoms with Crippen molar-refractivity contribution in [2.45, 2.75) is 33.6 Å². The lowest BCUT2D eigenvalue weighted by Gasteiger charge is -2.24. The van der Waals surface area contributed by atoms with Crippen LogP contribution in [-0.4, -0.2) is 13.7 Å². The fraction of sp³-hybridized carbons (Fsp3) is 0.900. The van der Waals surface area contributed by atoms with Crippen LogP contribution in [0.1, 0.15) is 33.6 Å². The molecule has 0 fully saturated rings. The first-order valence-corrected chi connectivity index (χ1v) is 4.30. The van der Waals surface area contributed by atoms with Gasteiger partial charge in [-0.1, -0.05) is 34.1 Å². The van der Waals surface area contributed by atoms with E-state index in [0.717, 1.165) is 6.61 Å². The molecule has 0 aromatic heterocycles. The molecule has 0 aliphatic carbocycles. The summed E-state index contributed by atoms with van der Waals surface area (Å²) in [5.41, 5.74) is 0.320. The zero-order valence-corrected chi connectivity index (χ0v) is 8.31.